The van der Waals surface area contributed by atoms with E-state index in [-0.39, 0.29) is 12.0 Å². The number of nitrogens with one attached hydrogen (secondary N) is 3. The lowest BCUT2D eigenvalue weighted by Gasteiger charge is -2.14. The van der Waals surface area contributed by atoms with Crippen molar-refractivity contribution in [2.24, 2.45) is 5.92 Å². The summed E-state index contributed by atoms with van der Waals surface area (Å²) in [6.07, 6.45) is 4.05. The van der Waals surface area contributed by atoms with E-state index in [1.54, 1.807) is 12.1 Å². The Labute approximate surface area is 127 Å². The summed E-state index contributed by atoms with van der Waals surface area (Å²) < 4.78 is 0. The van der Waals surface area contributed by atoms with Crippen molar-refractivity contribution in [2.45, 2.75) is 25.4 Å². The highest BCUT2D eigenvalue weighted by Crippen LogP contribution is 2.24. The number of carbonyl (C=O) groups is 2. The van der Waals surface area contributed by atoms with Gasteiger partial charge in [0.05, 0.1) is 6.10 Å². The van der Waals surface area contributed by atoms with Crippen molar-refractivity contribution in [3.05, 3.63) is 30.5 Å². The van der Waals surface area contributed by atoms with Crippen LogP contribution in [0, 0.1) is 5.92 Å². The van der Waals surface area contributed by atoms with E-state index < -0.39 is 11.8 Å². The van der Waals surface area contributed by atoms with Crippen molar-refractivity contribution < 1.29 is 14.7 Å². The molecule has 4 N–H and O–H groups in total. The third kappa shape index (κ3) is 3.12. The third-order valence-corrected chi connectivity index (χ3v) is 4.16. The largest absolute Gasteiger partial charge is 0.393 e. The van der Waals surface area contributed by atoms with Crippen LogP contribution in [-0.2, 0) is 9.59 Å². The number of aromatic amines is 1. The first kappa shape index (κ1) is 14.6. The number of fused-ring (bicyclic) bond motifs is 1. The number of benzene rings is 1. The summed E-state index contributed by atoms with van der Waals surface area (Å²) >= 11 is 0. The van der Waals surface area contributed by atoms with Crippen LogP contribution in [0.15, 0.2) is 30.5 Å². The molecule has 6 heteroatoms. The zero-order valence-electron chi connectivity index (χ0n) is 12.1. The van der Waals surface area contributed by atoms with Crippen molar-refractivity contribution in [1.29, 1.82) is 0 Å². The number of hydrogen-bond donors (Lipinski definition) is 4. The van der Waals surface area contributed by atoms with E-state index in [1.807, 2.05) is 18.3 Å². The molecule has 3 rings (SSSR count). The van der Waals surface area contributed by atoms with Gasteiger partial charge in [0.25, 0.3) is 0 Å². The Balaban J connectivity index is 1.55. The second-order valence-corrected chi connectivity index (χ2v) is 5.70. The molecule has 1 aliphatic carbocycles. The zero-order valence-corrected chi connectivity index (χ0v) is 12.1. The molecule has 0 aliphatic heterocycles. The minimum Gasteiger partial charge on any atom is -0.393 e. The quantitative estimate of drug-likeness (QED) is 0.645. The van der Waals surface area contributed by atoms with E-state index in [9.17, 15) is 14.7 Å². The Morgan fingerprint density at radius 2 is 2.09 bits per heavy atom. The minimum absolute atomic E-state index is 0.0490. The van der Waals surface area contributed by atoms with Gasteiger partial charge < -0.3 is 20.7 Å². The molecule has 1 aromatic heterocycles. The van der Waals surface area contributed by atoms with Gasteiger partial charge >= 0.3 is 11.8 Å². The Hall–Kier alpha value is -2.34. The number of rotatable bonds is 3. The fourth-order valence-electron chi connectivity index (χ4n) is 2.88. The Kier molecular flexibility index (Phi) is 4.11. The molecule has 0 spiro atoms. The van der Waals surface area contributed by atoms with Gasteiger partial charge in [0, 0.05) is 35.2 Å². The Morgan fingerprint density at radius 1 is 1.23 bits per heavy atom. The summed E-state index contributed by atoms with van der Waals surface area (Å²) in [4.78, 5) is 26.8. The highest BCUT2D eigenvalue weighted by molar-refractivity contribution is 6.39. The van der Waals surface area contributed by atoms with Crippen LogP contribution in [0.3, 0.4) is 0 Å². The molecule has 1 fully saturated rings. The summed E-state index contributed by atoms with van der Waals surface area (Å²) in [7, 11) is 0. The molecule has 1 aliphatic rings. The molecule has 1 heterocycles. The lowest BCUT2D eigenvalue weighted by molar-refractivity contribution is -0.136. The average Bonchev–Trinajstić information content (AvgIpc) is 3.13. The second kappa shape index (κ2) is 6.19. The molecule has 6 nitrogen and oxygen atoms in total. The van der Waals surface area contributed by atoms with E-state index in [2.05, 4.69) is 15.6 Å². The molecule has 0 radical (unpaired) electrons. The van der Waals surface area contributed by atoms with Crippen molar-refractivity contribution in [2.75, 3.05) is 11.9 Å². The lowest BCUT2D eigenvalue weighted by atomic mass is 10.1. The van der Waals surface area contributed by atoms with Crippen molar-refractivity contribution in [3.63, 3.8) is 0 Å². The van der Waals surface area contributed by atoms with Gasteiger partial charge in [-0.3, -0.25) is 9.59 Å². The van der Waals surface area contributed by atoms with E-state index in [4.69, 9.17) is 0 Å². The number of aromatic nitrogens is 1. The molecule has 2 atom stereocenters. The first-order valence-electron chi connectivity index (χ1n) is 7.48. The SMILES string of the molecule is O=C(NCC1CCCC1O)C(=O)Nc1ccc2[nH]ccc2c1. The standard InChI is InChI=1S/C16H19N3O3/c20-14-3-1-2-11(14)9-18-15(21)16(22)19-12-4-5-13-10(8-12)6-7-17-13/h4-8,11,14,17,20H,1-3,9H2,(H,18,21)(H,19,22). The van der Waals surface area contributed by atoms with Crippen molar-refractivity contribution in [3.8, 4) is 0 Å². The number of amides is 2. The highest BCUT2D eigenvalue weighted by Gasteiger charge is 2.26. The predicted octanol–water partition coefficient (Wildman–Crippen LogP) is 1.38. The smallest absolute Gasteiger partial charge is 0.313 e. The van der Waals surface area contributed by atoms with E-state index in [1.165, 1.54) is 0 Å². The van der Waals surface area contributed by atoms with Gasteiger partial charge in [0.15, 0.2) is 0 Å². The topological polar surface area (TPSA) is 94.2 Å². The van der Waals surface area contributed by atoms with E-state index >= 15 is 0 Å². The number of anilines is 1. The highest BCUT2D eigenvalue weighted by atomic mass is 16.3. The van der Waals surface area contributed by atoms with Gasteiger partial charge in [0.2, 0.25) is 0 Å². The molecule has 2 amide bonds. The van der Waals surface area contributed by atoms with Crippen LogP contribution in [0.1, 0.15) is 19.3 Å². The van der Waals surface area contributed by atoms with Gasteiger partial charge in [-0.25, -0.2) is 0 Å². The molecule has 22 heavy (non-hydrogen) atoms. The van der Waals surface area contributed by atoms with Gasteiger partial charge in [-0.15, -0.1) is 0 Å². The number of aliphatic hydroxyl groups is 1. The molecule has 2 unspecified atom stereocenters. The minimum atomic E-state index is -0.692. The molecule has 0 bridgehead atoms. The van der Waals surface area contributed by atoms with Crippen LogP contribution in [0.25, 0.3) is 10.9 Å². The van der Waals surface area contributed by atoms with E-state index in [0.29, 0.717) is 12.2 Å². The van der Waals surface area contributed by atoms with Crippen LogP contribution >= 0.6 is 0 Å². The summed E-state index contributed by atoms with van der Waals surface area (Å²) in [6.45, 7) is 0.338. The van der Waals surface area contributed by atoms with Crippen molar-refractivity contribution >= 4 is 28.4 Å². The predicted molar refractivity (Wildman–Crippen MR) is 83.3 cm³/mol. The molecule has 1 saturated carbocycles. The van der Waals surface area contributed by atoms with Gasteiger partial charge in [-0.05, 0) is 37.1 Å². The summed E-state index contributed by atoms with van der Waals surface area (Å²) in [5.74, 6) is -1.32. The van der Waals surface area contributed by atoms with Crippen LogP contribution in [0.5, 0.6) is 0 Å². The normalized spacial score (nSPS) is 21.0. The molecule has 0 saturated heterocycles. The van der Waals surface area contributed by atoms with Crippen LogP contribution < -0.4 is 10.6 Å². The third-order valence-electron chi connectivity index (χ3n) is 4.16. The summed E-state index contributed by atoms with van der Waals surface area (Å²) in [5, 5.41) is 15.8. The Bertz CT molecular complexity index is 695. The summed E-state index contributed by atoms with van der Waals surface area (Å²) in [5.41, 5.74) is 1.55. The van der Waals surface area contributed by atoms with E-state index in [0.717, 1.165) is 30.2 Å². The van der Waals surface area contributed by atoms with Crippen LogP contribution in [0.4, 0.5) is 5.69 Å². The van der Waals surface area contributed by atoms with Crippen molar-refractivity contribution in [1.82, 2.24) is 10.3 Å². The number of H-pyrrole nitrogens is 1. The molecule has 1 aromatic carbocycles. The average molecular weight is 301 g/mol. The molecule has 2 aromatic rings. The first-order valence-corrected chi connectivity index (χ1v) is 7.48. The molecular weight excluding hydrogens is 282 g/mol. The molecular formula is C16H19N3O3. The van der Waals surface area contributed by atoms with Crippen LogP contribution in [0.2, 0.25) is 0 Å². The monoisotopic (exact) mass is 301 g/mol. The van der Waals surface area contributed by atoms with Gasteiger partial charge in [-0.1, -0.05) is 6.42 Å². The molecule has 116 valence electrons. The number of carbonyl (C=O) groups excluding carboxylic acids is 2. The van der Waals surface area contributed by atoms with Gasteiger partial charge in [-0.2, -0.15) is 0 Å². The fourth-order valence-corrected chi connectivity index (χ4v) is 2.88. The Morgan fingerprint density at radius 3 is 2.86 bits per heavy atom. The maximum Gasteiger partial charge on any atom is 0.313 e. The first-order chi connectivity index (χ1) is 10.6. The zero-order chi connectivity index (χ0) is 15.5. The maximum atomic E-state index is 11.9. The second-order valence-electron chi connectivity index (χ2n) is 5.70. The number of hydrogen-bond acceptors (Lipinski definition) is 3. The fraction of sp³-hybridized carbons (Fsp3) is 0.375. The van der Waals surface area contributed by atoms with Crippen LogP contribution in [-0.4, -0.2) is 34.6 Å². The number of aliphatic hydroxyl groups excluding tert-OH is 1. The lowest BCUT2D eigenvalue weighted by Crippen LogP contribution is -2.39. The summed E-state index contributed by atoms with van der Waals surface area (Å²) in [6, 6.07) is 7.28. The maximum absolute atomic E-state index is 11.9. The van der Waals surface area contributed by atoms with Gasteiger partial charge in [0.1, 0.15) is 0 Å².